The summed E-state index contributed by atoms with van der Waals surface area (Å²) in [6.07, 6.45) is 23.9. The Labute approximate surface area is 828 Å². The van der Waals surface area contributed by atoms with Crippen molar-refractivity contribution in [3.05, 3.63) is 324 Å². The maximum atomic E-state index is 11.5. The summed E-state index contributed by atoms with van der Waals surface area (Å²) in [7, 11) is 3.28. The largest absolute Gasteiger partial charge is 0.481 e. The second-order valence-corrected chi connectivity index (χ2v) is 39.5. The van der Waals surface area contributed by atoms with Crippen molar-refractivity contribution < 1.29 is 63.0 Å². The number of nitrogens with one attached hydrogen (secondary N) is 1. The molecule has 11 aliphatic heterocycles. The van der Waals surface area contributed by atoms with Gasteiger partial charge in [-0.05, 0) is 220 Å². The number of rotatable bonds is 19. The van der Waals surface area contributed by atoms with Crippen LogP contribution in [0.5, 0.6) is 0 Å². The highest BCUT2D eigenvalue weighted by Gasteiger charge is 2.49. The first kappa shape index (κ1) is 106. The fraction of sp³-hybridized carbons (Fsp3) is 0.426. The number of carbonyl (C=O) groups is 6. The van der Waals surface area contributed by atoms with E-state index in [1.165, 1.54) is 128 Å². The molecule has 19 nitrogen and oxygen atoms in total. The lowest BCUT2D eigenvalue weighted by molar-refractivity contribution is -0.185. The fourth-order valence-electron chi connectivity index (χ4n) is 20.0. The molecular formula is C108H127BrCl6N6O13. The van der Waals surface area contributed by atoms with E-state index in [4.69, 9.17) is 99.8 Å². The number of benzene rings is 9. The van der Waals surface area contributed by atoms with E-state index in [0.717, 1.165) is 132 Å². The fourth-order valence-corrected chi connectivity index (χ4v) is 21.0. The van der Waals surface area contributed by atoms with Crippen LogP contribution in [-0.2, 0) is 81.2 Å². The zero-order valence-electron chi connectivity index (χ0n) is 76.6. The van der Waals surface area contributed by atoms with Gasteiger partial charge in [-0.25, -0.2) is 4.79 Å². The highest BCUT2D eigenvalue weighted by atomic mass is 79.9. The number of nitrogens with zero attached hydrogens (tertiary/aromatic N) is 4. The second kappa shape index (κ2) is 54.9. The number of alkyl halides is 1. The average Bonchev–Trinajstić information content (AvgIpc) is 1.57. The van der Waals surface area contributed by atoms with Crippen LogP contribution >= 0.6 is 85.5 Å². The SMILES string of the molecule is CC(Cl)OC(=O)Cl.COC1CCC(OC)O1.Clc1ccc(Br)cc1.Clc1ccc(C2=CC3CCC(C2)N3Cc2ccccc2)cc1.Clc1ccc(C2CC3CCC(C2)N3)cc1.NCc1ccccc1.O=C(O)CC(=O)CC(=O)O.O=C1CC2CCC(C1)N2Cc1ccccc1.O=C1CC2CCC(C1)N2Cc1ccccc1.OC1(c2ccc(Cl)cc2)CC2CCC(C1)N2Cc1ccccc1. The first-order chi connectivity index (χ1) is 64.6. The van der Waals surface area contributed by atoms with Gasteiger partial charge < -0.3 is 45.3 Å². The zero-order chi connectivity index (χ0) is 95.5. The van der Waals surface area contributed by atoms with Gasteiger partial charge in [-0.1, -0.05) is 268 Å². The molecule has 0 aromatic heterocycles. The minimum absolute atomic E-state index is 0.0463. The topological polar surface area (TPSA) is 251 Å². The third-order valence-corrected chi connectivity index (χ3v) is 28.1. The van der Waals surface area contributed by atoms with Gasteiger partial charge in [-0.2, -0.15) is 0 Å². The monoisotopic (exact) mass is 2000 g/mol. The Hall–Kier alpha value is -8.04. The molecule has 134 heavy (non-hydrogen) atoms. The van der Waals surface area contributed by atoms with Crippen molar-refractivity contribution in [3.8, 4) is 0 Å². The number of aliphatic hydroxyl groups is 1. The third-order valence-electron chi connectivity index (χ3n) is 26.4. The Kier molecular flexibility index (Phi) is 43.6. The van der Waals surface area contributed by atoms with E-state index in [9.17, 15) is 33.9 Å². The summed E-state index contributed by atoms with van der Waals surface area (Å²) >= 11 is 36.7. The van der Waals surface area contributed by atoms with Gasteiger partial charge in [0, 0.05) is 182 Å². The Bertz CT molecular complexity index is 4930. The highest BCUT2D eigenvalue weighted by Crippen LogP contribution is 2.48. The quantitative estimate of drug-likeness (QED) is 0.0287. The first-order valence-electron chi connectivity index (χ1n) is 46.6. The number of piperidine rings is 4. The van der Waals surface area contributed by atoms with Crippen LogP contribution in [0, 0.1) is 0 Å². The standard InChI is InChI=1S/C20H22ClNO.C20H20ClN.2C14H17NO.C13H16ClN.C7H9N.C6H4BrCl.C6H12O3.C5H6O5.C3H4Cl2O2/c21-17-8-6-16(7-9-17)20(23)12-18-10-11-19(13-20)22(18)14-15-4-2-1-3-5-15;21-18-8-6-16(7-9-18)17-12-19-10-11-20(13-17)22(19)14-15-4-2-1-3-5-15;2*16-14-8-12-6-7-13(9-14)15(12)10-11-4-2-1-3-5-11;14-11-3-1-9(2-4-11)10-7-12-5-6-13(8-10)15-12;8-6-7-4-2-1-3-5-7;7-5-1-3-6(8)4-2-5;1-7-5-3-4-6(8-2)9-5;6-3(1-4(7)8)2-5(9)10;1-2(4)7-3(5)6/h1-9,18-19,23H,10-14H2;1-9,12,19-20H,10-11,13-14H2;2*1-5,12-13H,6-10H2;1-4,10,12-13,15H,5-8H2;1-5H,6,8H2;1-4H;5-6H,3-4H2,1-2H3;1-2H2,(H,7,8)(H,9,10);2H,1H3. The van der Waals surface area contributed by atoms with Gasteiger partial charge in [0.2, 0.25) is 0 Å². The van der Waals surface area contributed by atoms with E-state index >= 15 is 0 Å². The number of carboxylic acids is 2. The summed E-state index contributed by atoms with van der Waals surface area (Å²) in [5.74, 6) is -1.70. The van der Waals surface area contributed by atoms with E-state index in [1.807, 2.05) is 103 Å². The van der Waals surface area contributed by atoms with E-state index < -0.39 is 47.2 Å². The van der Waals surface area contributed by atoms with Gasteiger partial charge in [0.25, 0.3) is 0 Å². The molecule has 10 saturated heterocycles. The number of aliphatic carboxylic acids is 2. The number of halogens is 7. The van der Waals surface area contributed by atoms with E-state index in [1.54, 1.807) is 14.2 Å². The van der Waals surface area contributed by atoms with Gasteiger partial charge in [0.1, 0.15) is 24.4 Å². The number of carboxylic acid groups (broad SMARTS) is 2. The van der Waals surface area contributed by atoms with Crippen LogP contribution in [0.25, 0.3) is 5.57 Å². The third kappa shape index (κ3) is 34.8. The molecule has 10 bridgehead atoms. The number of ketones is 3. The molecule has 0 amide bonds. The molecule has 13 atom stereocenters. The zero-order valence-corrected chi connectivity index (χ0v) is 82.7. The van der Waals surface area contributed by atoms with Crippen LogP contribution in [-0.4, -0.2) is 162 Å². The summed E-state index contributed by atoms with van der Waals surface area (Å²) in [6, 6.07) is 90.4. The lowest BCUT2D eigenvalue weighted by Crippen LogP contribution is -2.49. The highest BCUT2D eigenvalue weighted by molar-refractivity contribution is 9.10. The van der Waals surface area contributed by atoms with Gasteiger partial charge >= 0.3 is 17.4 Å². The molecular weight excluding hydrogens is 1880 g/mol. The number of hydrogen-bond donors (Lipinski definition) is 5. The Morgan fingerprint density at radius 1 is 0.463 bits per heavy atom. The van der Waals surface area contributed by atoms with Crippen molar-refractivity contribution in [1.29, 1.82) is 0 Å². The number of carbonyl (C=O) groups excluding carboxylic acids is 4. The predicted molar refractivity (Wildman–Crippen MR) is 538 cm³/mol. The molecule has 9 aromatic carbocycles. The van der Waals surface area contributed by atoms with Crippen molar-refractivity contribution in [3.63, 3.8) is 0 Å². The minimum Gasteiger partial charge on any atom is -0.481 e. The van der Waals surface area contributed by atoms with Crippen molar-refractivity contribution in [2.75, 3.05) is 14.2 Å². The predicted octanol–water partition coefficient (Wildman–Crippen LogP) is 24.1. The molecule has 26 heteroatoms. The van der Waals surface area contributed by atoms with Gasteiger partial charge in [0.15, 0.2) is 23.9 Å². The van der Waals surface area contributed by atoms with Crippen molar-refractivity contribution in [1.82, 2.24) is 24.9 Å². The van der Waals surface area contributed by atoms with Crippen LogP contribution in [0.3, 0.4) is 0 Å². The molecule has 6 N–H and O–H groups in total. The summed E-state index contributed by atoms with van der Waals surface area (Å²) < 4.78 is 20.3. The molecule has 9 aromatic rings. The van der Waals surface area contributed by atoms with Crippen LogP contribution in [0.2, 0.25) is 20.1 Å². The van der Waals surface area contributed by atoms with Crippen LogP contribution < -0.4 is 11.1 Å². The van der Waals surface area contributed by atoms with Gasteiger partial charge in [-0.15, -0.1) is 0 Å². The summed E-state index contributed by atoms with van der Waals surface area (Å²) in [6.45, 7) is 6.24. The molecule has 11 aliphatic rings. The van der Waals surface area contributed by atoms with Crippen LogP contribution in [0.4, 0.5) is 4.79 Å². The van der Waals surface area contributed by atoms with E-state index in [2.05, 4.69) is 197 Å². The molecule has 20 rings (SSSR count). The molecule has 10 fully saturated rings. The molecule has 11 heterocycles. The molecule has 716 valence electrons. The number of Topliss-reactive ketones (excluding diaryl/α,β-unsaturated/α-hetero) is 3. The van der Waals surface area contributed by atoms with Gasteiger partial charge in [0.05, 0.1) is 5.60 Å². The number of ether oxygens (including phenoxy) is 4. The van der Waals surface area contributed by atoms with Crippen LogP contribution in [0.1, 0.15) is 205 Å². The second-order valence-electron chi connectivity index (χ2n) is 35.9. The lowest BCUT2D eigenvalue weighted by atomic mass is 9.80. The van der Waals surface area contributed by atoms with E-state index in [0.29, 0.717) is 66.4 Å². The van der Waals surface area contributed by atoms with Gasteiger partial charge in [-0.3, -0.25) is 43.6 Å². The summed E-state index contributed by atoms with van der Waals surface area (Å²) in [5.41, 5.74) is 15.2. The molecule has 0 aliphatic carbocycles. The summed E-state index contributed by atoms with van der Waals surface area (Å²) in [4.78, 5) is 72.9. The van der Waals surface area contributed by atoms with E-state index in [-0.39, 0.29) is 12.6 Å². The molecule has 0 radical (unpaired) electrons. The average molecular weight is 2010 g/mol. The van der Waals surface area contributed by atoms with Crippen molar-refractivity contribution >= 4 is 126 Å². The smallest absolute Gasteiger partial charge is 0.405 e. The summed E-state index contributed by atoms with van der Waals surface area (Å²) in [5, 5.41) is 34.0. The molecule has 13 unspecified atom stereocenters. The van der Waals surface area contributed by atoms with Crippen molar-refractivity contribution in [2.45, 2.75) is 277 Å². The van der Waals surface area contributed by atoms with Crippen molar-refractivity contribution in [2.24, 2.45) is 5.73 Å². The number of nitrogens with two attached hydrogens (primary N) is 1. The lowest BCUT2D eigenvalue weighted by Gasteiger charge is -2.44. The number of fused-ring (bicyclic) bond motifs is 10. The Balaban J connectivity index is 0.000000147. The number of hydrogen-bond acceptors (Lipinski definition) is 17. The first-order valence-corrected chi connectivity index (χ1v) is 49.8. The normalized spacial score (nSPS) is 25.0. The maximum Gasteiger partial charge on any atom is 0.405 e. The minimum atomic E-state index is -1.30. The molecule has 0 saturated carbocycles. The van der Waals surface area contributed by atoms with Crippen LogP contribution in [0.15, 0.2) is 259 Å². The molecule has 0 spiro atoms. The Morgan fingerprint density at radius 3 is 1.14 bits per heavy atom. The maximum absolute atomic E-state index is 11.5. The number of methoxy groups -OCH3 is 2. The Morgan fingerprint density at radius 2 is 0.806 bits per heavy atom.